The minimum atomic E-state index is -0.708. The van der Waals surface area contributed by atoms with Crippen molar-refractivity contribution in [1.82, 2.24) is 0 Å². The SMILES string of the molecule is O=[N+]([O-])c1ccc(NN=C(C#Cc2ccccc2)C=Cc2ccccc2)c([N+](=O)[O-])c1. The van der Waals surface area contributed by atoms with E-state index in [1.54, 1.807) is 6.08 Å². The second-order valence-electron chi connectivity index (χ2n) is 6.18. The van der Waals surface area contributed by atoms with Gasteiger partial charge in [-0.15, -0.1) is 0 Å². The Morgan fingerprint density at radius 3 is 2.23 bits per heavy atom. The van der Waals surface area contributed by atoms with Gasteiger partial charge in [-0.25, -0.2) is 0 Å². The highest BCUT2D eigenvalue weighted by Gasteiger charge is 2.19. The van der Waals surface area contributed by atoms with Crippen LogP contribution < -0.4 is 5.43 Å². The van der Waals surface area contributed by atoms with Gasteiger partial charge in [0.15, 0.2) is 0 Å². The minimum Gasteiger partial charge on any atom is -0.270 e. The number of nitrogens with zero attached hydrogens (tertiary/aromatic N) is 3. The standard InChI is InChI=1S/C23H16N4O4/c28-26(29)21-15-16-22(23(17-21)27(30)31)25-24-20(13-11-18-7-3-1-4-8-18)14-12-19-9-5-2-6-10-19/h1-11,13,15-17,25H. The molecule has 152 valence electrons. The molecule has 0 saturated carbocycles. The predicted molar refractivity (Wildman–Crippen MR) is 120 cm³/mol. The third-order valence-corrected chi connectivity index (χ3v) is 4.03. The molecular weight excluding hydrogens is 396 g/mol. The zero-order chi connectivity index (χ0) is 22.1. The molecule has 1 N–H and O–H groups in total. The smallest absolute Gasteiger partial charge is 0.270 e. The maximum Gasteiger partial charge on any atom is 0.301 e. The van der Waals surface area contributed by atoms with Gasteiger partial charge in [0.05, 0.1) is 15.9 Å². The number of rotatable bonds is 6. The highest BCUT2D eigenvalue weighted by atomic mass is 16.6. The third kappa shape index (κ3) is 6.10. The van der Waals surface area contributed by atoms with Crippen LogP contribution in [0.2, 0.25) is 0 Å². The van der Waals surface area contributed by atoms with Crippen LogP contribution in [0.25, 0.3) is 6.08 Å². The highest BCUT2D eigenvalue weighted by molar-refractivity contribution is 6.11. The summed E-state index contributed by atoms with van der Waals surface area (Å²) in [6.45, 7) is 0. The maximum atomic E-state index is 11.3. The molecule has 0 atom stereocenters. The lowest BCUT2D eigenvalue weighted by atomic mass is 10.2. The first-order valence-electron chi connectivity index (χ1n) is 9.09. The summed E-state index contributed by atoms with van der Waals surface area (Å²) in [5.74, 6) is 5.91. The third-order valence-electron chi connectivity index (χ3n) is 4.03. The summed E-state index contributed by atoms with van der Waals surface area (Å²) in [5, 5.41) is 26.4. The van der Waals surface area contributed by atoms with E-state index in [2.05, 4.69) is 22.4 Å². The van der Waals surface area contributed by atoms with Gasteiger partial charge in [-0.3, -0.25) is 25.7 Å². The van der Waals surface area contributed by atoms with Crippen molar-refractivity contribution >= 4 is 28.8 Å². The van der Waals surface area contributed by atoms with Crippen molar-refractivity contribution in [2.24, 2.45) is 5.10 Å². The topological polar surface area (TPSA) is 111 Å². The van der Waals surface area contributed by atoms with Crippen LogP contribution >= 0.6 is 0 Å². The molecule has 3 aromatic carbocycles. The van der Waals surface area contributed by atoms with E-state index in [0.29, 0.717) is 5.71 Å². The molecule has 0 bridgehead atoms. The van der Waals surface area contributed by atoms with E-state index in [1.165, 1.54) is 12.1 Å². The van der Waals surface area contributed by atoms with E-state index in [-0.39, 0.29) is 11.4 Å². The molecular formula is C23H16N4O4. The minimum absolute atomic E-state index is 0.0164. The fraction of sp³-hybridized carbons (Fsp3) is 0. The van der Waals surface area contributed by atoms with Gasteiger partial charge in [-0.1, -0.05) is 60.5 Å². The van der Waals surface area contributed by atoms with Gasteiger partial charge in [-0.05, 0) is 35.8 Å². The van der Waals surface area contributed by atoms with Gasteiger partial charge >= 0.3 is 5.69 Å². The van der Waals surface area contributed by atoms with E-state index < -0.39 is 15.5 Å². The number of hydrogen-bond donors (Lipinski definition) is 1. The van der Waals surface area contributed by atoms with Crippen LogP contribution in [0.4, 0.5) is 17.1 Å². The molecule has 3 rings (SSSR count). The Labute approximate surface area is 177 Å². The van der Waals surface area contributed by atoms with E-state index >= 15 is 0 Å². The van der Waals surface area contributed by atoms with Crippen molar-refractivity contribution in [2.45, 2.75) is 0 Å². The Bertz CT molecular complexity index is 1210. The number of allylic oxidation sites excluding steroid dienone is 1. The molecule has 3 aromatic rings. The average molecular weight is 412 g/mol. The first kappa shape index (κ1) is 21.0. The van der Waals surface area contributed by atoms with Crippen molar-refractivity contribution in [3.05, 3.63) is 116 Å². The molecule has 8 nitrogen and oxygen atoms in total. The normalized spacial score (nSPS) is 10.9. The first-order valence-corrected chi connectivity index (χ1v) is 9.09. The van der Waals surface area contributed by atoms with Gasteiger partial charge in [0.1, 0.15) is 11.4 Å². The number of anilines is 1. The molecule has 0 aromatic heterocycles. The Morgan fingerprint density at radius 1 is 0.903 bits per heavy atom. The first-order chi connectivity index (χ1) is 15.0. The zero-order valence-corrected chi connectivity index (χ0v) is 16.1. The molecule has 0 unspecified atom stereocenters. The molecule has 0 radical (unpaired) electrons. The Kier molecular flexibility index (Phi) is 6.85. The molecule has 0 aliphatic heterocycles. The van der Waals surface area contributed by atoms with E-state index in [1.807, 2.05) is 66.7 Å². The van der Waals surface area contributed by atoms with E-state index in [9.17, 15) is 20.2 Å². The lowest BCUT2D eigenvalue weighted by Crippen LogP contribution is -2.01. The van der Waals surface area contributed by atoms with Gasteiger partial charge in [0.25, 0.3) is 5.69 Å². The fourth-order valence-corrected chi connectivity index (χ4v) is 2.50. The number of non-ortho nitro benzene ring substituents is 1. The van der Waals surface area contributed by atoms with Crippen LogP contribution in [0.1, 0.15) is 11.1 Å². The summed E-state index contributed by atoms with van der Waals surface area (Å²) in [6.07, 6.45) is 3.49. The average Bonchev–Trinajstić information content (AvgIpc) is 2.79. The summed E-state index contributed by atoms with van der Waals surface area (Å²) in [4.78, 5) is 20.8. The number of nitrogens with one attached hydrogen (secondary N) is 1. The lowest BCUT2D eigenvalue weighted by Gasteiger charge is -2.02. The molecule has 0 saturated heterocycles. The molecule has 0 fully saturated rings. The fourth-order valence-electron chi connectivity index (χ4n) is 2.50. The van der Waals surface area contributed by atoms with Crippen LogP contribution in [0, 0.1) is 32.1 Å². The summed E-state index contributed by atoms with van der Waals surface area (Å²) >= 11 is 0. The number of hydrogen-bond acceptors (Lipinski definition) is 6. The van der Waals surface area contributed by atoms with Crippen LogP contribution in [-0.4, -0.2) is 15.6 Å². The number of nitro groups is 2. The lowest BCUT2D eigenvalue weighted by molar-refractivity contribution is -0.393. The monoisotopic (exact) mass is 412 g/mol. The summed E-state index contributed by atoms with van der Waals surface area (Å²) in [6, 6.07) is 22.1. The summed E-state index contributed by atoms with van der Waals surface area (Å²) < 4.78 is 0. The van der Waals surface area contributed by atoms with E-state index in [0.717, 1.165) is 17.2 Å². The second-order valence-corrected chi connectivity index (χ2v) is 6.18. The van der Waals surface area contributed by atoms with Gasteiger partial charge in [0, 0.05) is 11.6 Å². The van der Waals surface area contributed by atoms with Crippen LogP contribution in [0.3, 0.4) is 0 Å². The van der Waals surface area contributed by atoms with E-state index in [4.69, 9.17) is 0 Å². The molecule has 0 heterocycles. The van der Waals surface area contributed by atoms with Gasteiger partial charge in [0.2, 0.25) is 0 Å². The molecule has 0 amide bonds. The highest BCUT2D eigenvalue weighted by Crippen LogP contribution is 2.28. The molecule has 0 spiro atoms. The Balaban J connectivity index is 1.93. The van der Waals surface area contributed by atoms with Crippen molar-refractivity contribution in [3.63, 3.8) is 0 Å². The Hall–Kier alpha value is -4.77. The molecule has 0 aliphatic rings. The van der Waals surface area contributed by atoms with Crippen molar-refractivity contribution in [3.8, 4) is 11.8 Å². The zero-order valence-electron chi connectivity index (χ0n) is 16.1. The van der Waals surface area contributed by atoms with Crippen molar-refractivity contribution in [1.29, 1.82) is 0 Å². The van der Waals surface area contributed by atoms with Gasteiger partial charge in [-0.2, -0.15) is 5.10 Å². The van der Waals surface area contributed by atoms with Crippen LogP contribution in [-0.2, 0) is 0 Å². The predicted octanol–water partition coefficient (Wildman–Crippen LogP) is 5.04. The molecule has 8 heteroatoms. The van der Waals surface area contributed by atoms with Crippen molar-refractivity contribution < 1.29 is 9.85 Å². The number of hydrazone groups is 1. The largest absolute Gasteiger partial charge is 0.301 e. The quantitative estimate of drug-likeness (QED) is 0.264. The van der Waals surface area contributed by atoms with Gasteiger partial charge < -0.3 is 0 Å². The molecule has 31 heavy (non-hydrogen) atoms. The Morgan fingerprint density at radius 2 is 1.58 bits per heavy atom. The number of nitro benzene ring substituents is 2. The maximum absolute atomic E-state index is 11.3. The van der Waals surface area contributed by atoms with Crippen LogP contribution in [0.5, 0.6) is 0 Å². The number of benzene rings is 3. The summed E-state index contributed by atoms with van der Waals surface area (Å²) in [7, 11) is 0. The summed E-state index contributed by atoms with van der Waals surface area (Å²) in [5.41, 5.74) is 3.81. The van der Waals surface area contributed by atoms with Crippen molar-refractivity contribution in [2.75, 3.05) is 5.43 Å². The second kappa shape index (κ2) is 10.1. The van der Waals surface area contributed by atoms with Crippen LogP contribution in [0.15, 0.2) is 90.0 Å². The molecule has 0 aliphatic carbocycles.